The van der Waals surface area contributed by atoms with Crippen molar-refractivity contribution in [3.8, 4) is 45.6 Å². The summed E-state index contributed by atoms with van der Waals surface area (Å²) in [5, 5.41) is 68.6. The van der Waals surface area contributed by atoms with Crippen molar-refractivity contribution in [1.82, 2.24) is 0 Å². The van der Waals surface area contributed by atoms with Crippen molar-refractivity contribution in [1.29, 1.82) is 0 Å². The van der Waals surface area contributed by atoms with Crippen LogP contribution in [-0.2, 0) is 46.7 Å². The molecule has 0 atom stereocenters. The van der Waals surface area contributed by atoms with Crippen molar-refractivity contribution in [3.63, 3.8) is 0 Å². The Morgan fingerprint density at radius 1 is 0.273 bits per heavy atom. The van der Waals surface area contributed by atoms with Crippen LogP contribution in [0.25, 0.3) is 32.7 Å². The van der Waals surface area contributed by atoms with Gasteiger partial charge < -0.3 is 30.6 Å². The molecule has 0 spiro atoms. The number of phenols is 6. The topological polar surface area (TPSA) is 121 Å². The first-order valence-electron chi connectivity index (χ1n) is 17.9. The van der Waals surface area contributed by atoms with E-state index < -0.39 is 0 Å². The number of fused-ring (bicyclic) bond motifs is 10. The Balaban J connectivity index is 0.000000177. The molecule has 8 aromatic carbocycles. The molecule has 6 N–H and O–H groups in total. The predicted octanol–water partition coefficient (Wildman–Crippen LogP) is 10.3. The van der Waals surface area contributed by atoms with E-state index in [1.54, 1.807) is 12.1 Å². The van der Waals surface area contributed by atoms with Gasteiger partial charge in [0.15, 0.2) is 0 Å². The summed E-state index contributed by atoms with van der Waals surface area (Å²) in [7, 11) is 0. The molecule has 0 saturated carbocycles. The SMILES string of the molecule is Oc1c2cccc1Cc1cccc(c1O)Cc1cccc(c1O)Cc1cccc(c1O)C2.Oc1ccc2ccccc2c1-c1c(O)ccc2ccccc12.[W]. The third-order valence-corrected chi connectivity index (χ3v) is 10.4. The van der Waals surface area contributed by atoms with Crippen molar-refractivity contribution < 1.29 is 51.7 Å². The number of para-hydroxylation sites is 4. The van der Waals surface area contributed by atoms with E-state index in [0.717, 1.165) is 21.5 Å². The molecule has 272 valence electrons. The van der Waals surface area contributed by atoms with Crippen LogP contribution >= 0.6 is 0 Å². The molecular formula is C48H38O6W. The van der Waals surface area contributed by atoms with E-state index in [1.165, 1.54) is 0 Å². The minimum absolute atomic E-state index is 0. The molecule has 9 rings (SSSR count). The molecule has 1 aliphatic carbocycles. The molecule has 6 nitrogen and oxygen atoms in total. The third kappa shape index (κ3) is 7.21. The van der Waals surface area contributed by atoms with Crippen LogP contribution in [0.3, 0.4) is 0 Å². The van der Waals surface area contributed by atoms with Gasteiger partial charge in [0.25, 0.3) is 0 Å². The van der Waals surface area contributed by atoms with Crippen LogP contribution in [0.2, 0.25) is 0 Å². The molecule has 0 radical (unpaired) electrons. The van der Waals surface area contributed by atoms with E-state index in [0.29, 0.717) is 81.3 Å². The summed E-state index contributed by atoms with van der Waals surface area (Å²) < 4.78 is 0. The summed E-state index contributed by atoms with van der Waals surface area (Å²) in [5.41, 5.74) is 7.03. The monoisotopic (exact) mass is 894 g/mol. The standard InChI is InChI=1S/C28H24O4.C20H14O2.W/c29-25-17-5-1-6-18(25)14-20-8-3-10-22(27(20)31)16-24-12-4-11-23(28(24)32)15-21-9-2-7-19(13-17)26(21)30;21-17-11-9-13-5-1-3-7-15(13)19(17)20-16-8-4-2-6-14(16)10-12-18(20)22;/h1-12,29-32H,13-16H2;1-12,21-22H;. The quantitative estimate of drug-likeness (QED) is 0.0977. The second-order valence-electron chi connectivity index (χ2n) is 13.8. The third-order valence-electron chi connectivity index (χ3n) is 10.4. The molecule has 0 aliphatic heterocycles. The fourth-order valence-electron chi connectivity index (χ4n) is 7.59. The smallest absolute Gasteiger partial charge is 0.124 e. The van der Waals surface area contributed by atoms with Crippen LogP contribution in [-0.4, -0.2) is 30.6 Å². The molecule has 8 bridgehead atoms. The first kappa shape index (κ1) is 37.1. The fourth-order valence-corrected chi connectivity index (χ4v) is 7.59. The van der Waals surface area contributed by atoms with Gasteiger partial charge in [-0.15, -0.1) is 0 Å². The zero-order valence-electron chi connectivity index (χ0n) is 29.8. The first-order valence-corrected chi connectivity index (χ1v) is 17.9. The number of hydrogen-bond acceptors (Lipinski definition) is 6. The van der Waals surface area contributed by atoms with Crippen molar-refractivity contribution in [2.75, 3.05) is 0 Å². The van der Waals surface area contributed by atoms with Crippen molar-refractivity contribution in [2.45, 2.75) is 25.7 Å². The largest absolute Gasteiger partial charge is 0.507 e. The van der Waals surface area contributed by atoms with Crippen LogP contribution in [0.4, 0.5) is 0 Å². The van der Waals surface area contributed by atoms with E-state index in [4.69, 9.17) is 0 Å². The average molecular weight is 895 g/mol. The first-order chi connectivity index (χ1) is 26.3. The van der Waals surface area contributed by atoms with Gasteiger partial charge in [-0.05, 0) is 78.2 Å². The molecule has 0 heterocycles. The molecular weight excluding hydrogens is 856 g/mol. The molecule has 0 saturated heterocycles. The van der Waals surface area contributed by atoms with E-state index >= 15 is 0 Å². The Kier molecular flexibility index (Phi) is 10.5. The minimum atomic E-state index is 0. The zero-order chi connectivity index (χ0) is 37.3. The predicted molar refractivity (Wildman–Crippen MR) is 214 cm³/mol. The summed E-state index contributed by atoms with van der Waals surface area (Å²) in [5.74, 6) is 1.05. The maximum Gasteiger partial charge on any atom is 0.124 e. The number of rotatable bonds is 1. The van der Waals surface area contributed by atoms with E-state index in [1.807, 2.05) is 133 Å². The van der Waals surface area contributed by atoms with Crippen molar-refractivity contribution in [3.05, 3.63) is 190 Å². The van der Waals surface area contributed by atoms with Gasteiger partial charge in [0.1, 0.15) is 34.5 Å². The number of aromatic hydroxyl groups is 6. The summed E-state index contributed by atoms with van der Waals surface area (Å²) in [6, 6.07) is 45.2. The van der Waals surface area contributed by atoms with Gasteiger partial charge in [0, 0.05) is 57.9 Å². The number of phenolic OH excluding ortho intramolecular Hbond substituents is 6. The Bertz CT molecular complexity index is 2330. The van der Waals surface area contributed by atoms with Crippen LogP contribution in [0.1, 0.15) is 44.5 Å². The fraction of sp³-hybridized carbons (Fsp3) is 0.0833. The molecule has 0 amide bonds. The van der Waals surface area contributed by atoms with Gasteiger partial charge in [-0.2, -0.15) is 0 Å². The summed E-state index contributed by atoms with van der Waals surface area (Å²) in [6.45, 7) is 0. The van der Waals surface area contributed by atoms with E-state index in [9.17, 15) is 30.6 Å². The van der Waals surface area contributed by atoms with E-state index in [-0.39, 0.29) is 55.6 Å². The molecule has 0 unspecified atom stereocenters. The Hall–Kier alpha value is -6.23. The summed E-state index contributed by atoms with van der Waals surface area (Å²) >= 11 is 0. The normalized spacial score (nSPS) is 12.0. The molecule has 1 aliphatic rings. The minimum Gasteiger partial charge on any atom is -0.507 e. The molecule has 8 aromatic rings. The second-order valence-corrected chi connectivity index (χ2v) is 13.8. The van der Waals surface area contributed by atoms with Crippen LogP contribution in [0.15, 0.2) is 146 Å². The van der Waals surface area contributed by atoms with Gasteiger partial charge in [-0.3, -0.25) is 0 Å². The molecule has 0 aromatic heterocycles. The molecule has 55 heavy (non-hydrogen) atoms. The Morgan fingerprint density at radius 3 is 0.800 bits per heavy atom. The van der Waals surface area contributed by atoms with Crippen molar-refractivity contribution >= 4 is 21.5 Å². The van der Waals surface area contributed by atoms with Gasteiger partial charge in [-0.25, -0.2) is 0 Å². The van der Waals surface area contributed by atoms with Gasteiger partial charge in [0.2, 0.25) is 0 Å². The Labute approximate surface area is 333 Å². The van der Waals surface area contributed by atoms with E-state index in [2.05, 4.69) is 0 Å². The van der Waals surface area contributed by atoms with Crippen molar-refractivity contribution in [2.24, 2.45) is 0 Å². The maximum absolute atomic E-state index is 10.9. The van der Waals surface area contributed by atoms with Crippen LogP contribution in [0.5, 0.6) is 34.5 Å². The van der Waals surface area contributed by atoms with Crippen LogP contribution in [0, 0.1) is 0 Å². The second kappa shape index (κ2) is 15.6. The Morgan fingerprint density at radius 2 is 0.527 bits per heavy atom. The van der Waals surface area contributed by atoms with Crippen LogP contribution < -0.4 is 0 Å². The van der Waals surface area contributed by atoms with Gasteiger partial charge in [-0.1, -0.05) is 133 Å². The molecule has 0 fully saturated rings. The summed E-state index contributed by atoms with van der Waals surface area (Å²) in [6.07, 6.45) is 1.49. The zero-order valence-corrected chi connectivity index (χ0v) is 32.7. The number of benzene rings is 8. The number of hydrogen-bond donors (Lipinski definition) is 6. The summed E-state index contributed by atoms with van der Waals surface area (Å²) in [4.78, 5) is 0. The van der Waals surface area contributed by atoms with Gasteiger partial charge in [0.05, 0.1) is 0 Å². The van der Waals surface area contributed by atoms with Gasteiger partial charge >= 0.3 is 0 Å². The maximum atomic E-state index is 10.9. The molecule has 7 heteroatoms. The average Bonchev–Trinajstić information content (AvgIpc) is 3.18.